The van der Waals surface area contributed by atoms with Crippen molar-refractivity contribution >= 4 is 23.2 Å². The summed E-state index contributed by atoms with van der Waals surface area (Å²) >= 11 is 1.63. The van der Waals surface area contributed by atoms with Gasteiger partial charge in [-0.05, 0) is 30.7 Å². The van der Waals surface area contributed by atoms with Crippen LogP contribution in [0.2, 0.25) is 0 Å². The first-order valence-electron chi connectivity index (χ1n) is 7.67. The van der Waals surface area contributed by atoms with Gasteiger partial charge in [-0.15, -0.1) is 11.3 Å². The van der Waals surface area contributed by atoms with Gasteiger partial charge in [-0.1, -0.05) is 33.3 Å². The largest absolute Gasteiger partial charge is 0.342 e. The van der Waals surface area contributed by atoms with Crippen LogP contribution in [0, 0.1) is 5.92 Å². The highest BCUT2D eigenvalue weighted by Crippen LogP contribution is 2.31. The quantitative estimate of drug-likeness (QED) is 0.909. The molecule has 1 aliphatic rings. The third-order valence-corrected chi connectivity index (χ3v) is 5.47. The number of piperazine rings is 1. The van der Waals surface area contributed by atoms with E-state index >= 15 is 0 Å². The van der Waals surface area contributed by atoms with E-state index in [9.17, 15) is 9.59 Å². The highest BCUT2D eigenvalue weighted by molar-refractivity contribution is 7.10. The van der Waals surface area contributed by atoms with Gasteiger partial charge >= 0.3 is 0 Å². The minimum Gasteiger partial charge on any atom is -0.342 e. The molecule has 0 saturated carbocycles. The Balaban J connectivity index is 2.33. The van der Waals surface area contributed by atoms with Crippen molar-refractivity contribution in [2.24, 2.45) is 5.92 Å². The van der Waals surface area contributed by atoms with Gasteiger partial charge < -0.3 is 10.2 Å². The first kappa shape index (κ1) is 16.0. The van der Waals surface area contributed by atoms with Crippen LogP contribution in [0.15, 0.2) is 17.5 Å². The molecular weight excluding hydrogens is 284 g/mol. The van der Waals surface area contributed by atoms with Crippen molar-refractivity contribution < 1.29 is 9.59 Å². The molecule has 116 valence electrons. The van der Waals surface area contributed by atoms with Crippen LogP contribution in [0.4, 0.5) is 0 Å². The number of carbonyl (C=O) groups excluding carboxylic acids is 2. The highest BCUT2D eigenvalue weighted by atomic mass is 32.1. The monoisotopic (exact) mass is 308 g/mol. The molecule has 21 heavy (non-hydrogen) atoms. The van der Waals surface area contributed by atoms with Gasteiger partial charge in [-0.25, -0.2) is 0 Å². The van der Waals surface area contributed by atoms with E-state index in [-0.39, 0.29) is 29.8 Å². The van der Waals surface area contributed by atoms with E-state index in [1.807, 2.05) is 45.2 Å². The van der Waals surface area contributed by atoms with Crippen molar-refractivity contribution in [3.05, 3.63) is 22.4 Å². The maximum Gasteiger partial charge on any atom is 0.246 e. The number of carbonyl (C=O) groups is 2. The van der Waals surface area contributed by atoms with Crippen LogP contribution in [0.1, 0.15) is 51.5 Å². The molecule has 0 spiro atoms. The highest BCUT2D eigenvalue weighted by Gasteiger charge is 2.43. The standard InChI is InChI=1S/C16H24N2O2S/c1-5-10(3)14-16(20)18(12(6-2)15(19)17-14)11(4)13-8-7-9-21-13/h7-12,14H,5-6H2,1-4H3,(H,17,19). The fraction of sp³-hybridized carbons (Fsp3) is 0.625. The van der Waals surface area contributed by atoms with Crippen LogP contribution in [0.25, 0.3) is 0 Å². The number of thiophene rings is 1. The average molecular weight is 308 g/mol. The molecule has 5 heteroatoms. The summed E-state index contributed by atoms with van der Waals surface area (Å²) in [5.41, 5.74) is 0. The van der Waals surface area contributed by atoms with Gasteiger partial charge in [0, 0.05) is 4.88 Å². The summed E-state index contributed by atoms with van der Waals surface area (Å²) in [6.07, 6.45) is 1.51. The van der Waals surface area contributed by atoms with Crippen LogP contribution in [-0.4, -0.2) is 28.8 Å². The Hall–Kier alpha value is -1.36. The van der Waals surface area contributed by atoms with Crippen molar-refractivity contribution in [3.63, 3.8) is 0 Å². The lowest BCUT2D eigenvalue weighted by Crippen LogP contribution is -2.65. The minimum absolute atomic E-state index is 0.0224. The summed E-state index contributed by atoms with van der Waals surface area (Å²) in [7, 11) is 0. The molecule has 2 rings (SSSR count). The Bertz CT molecular complexity index is 500. The first-order valence-corrected chi connectivity index (χ1v) is 8.55. The molecule has 1 aliphatic heterocycles. The van der Waals surface area contributed by atoms with Gasteiger partial charge in [0.25, 0.3) is 0 Å². The number of nitrogens with one attached hydrogen (secondary N) is 1. The first-order chi connectivity index (χ1) is 10.0. The van der Waals surface area contributed by atoms with Crippen LogP contribution in [0.3, 0.4) is 0 Å². The number of amides is 2. The van der Waals surface area contributed by atoms with Crippen LogP contribution in [0.5, 0.6) is 0 Å². The molecule has 1 aromatic heterocycles. The van der Waals surface area contributed by atoms with Crippen molar-refractivity contribution in [2.45, 2.75) is 58.7 Å². The normalized spacial score (nSPS) is 25.6. The lowest BCUT2D eigenvalue weighted by molar-refractivity contribution is -0.153. The summed E-state index contributed by atoms with van der Waals surface area (Å²) in [5, 5.41) is 4.93. The molecular formula is C16H24N2O2S. The van der Waals surface area contributed by atoms with E-state index < -0.39 is 6.04 Å². The molecule has 0 aromatic carbocycles. The summed E-state index contributed by atoms with van der Waals surface area (Å²) in [6.45, 7) is 8.03. The molecule has 4 atom stereocenters. The molecule has 1 fully saturated rings. The summed E-state index contributed by atoms with van der Waals surface area (Å²) in [6, 6.07) is 3.20. The second-order valence-corrected chi connectivity index (χ2v) is 6.71. The minimum atomic E-state index is -0.396. The number of nitrogens with zero attached hydrogens (tertiary/aromatic N) is 1. The summed E-state index contributed by atoms with van der Waals surface area (Å²) < 4.78 is 0. The van der Waals surface area contributed by atoms with Gasteiger partial charge in [-0.2, -0.15) is 0 Å². The molecule has 1 saturated heterocycles. The Morgan fingerprint density at radius 2 is 2.05 bits per heavy atom. The lowest BCUT2D eigenvalue weighted by Gasteiger charge is -2.43. The molecule has 0 radical (unpaired) electrons. The zero-order valence-corrected chi connectivity index (χ0v) is 13.9. The van der Waals surface area contributed by atoms with E-state index in [1.165, 1.54) is 0 Å². The molecule has 0 bridgehead atoms. The smallest absolute Gasteiger partial charge is 0.246 e. The van der Waals surface area contributed by atoms with Crippen molar-refractivity contribution in [2.75, 3.05) is 0 Å². The van der Waals surface area contributed by atoms with Crippen LogP contribution in [-0.2, 0) is 9.59 Å². The maximum atomic E-state index is 12.9. The maximum absolute atomic E-state index is 12.9. The summed E-state index contributed by atoms with van der Waals surface area (Å²) in [4.78, 5) is 28.2. The lowest BCUT2D eigenvalue weighted by atomic mass is 9.92. The third kappa shape index (κ3) is 2.98. The Kier molecular flexibility index (Phi) is 5.04. The Labute approximate surface area is 130 Å². The number of hydrogen-bond donors (Lipinski definition) is 1. The number of rotatable bonds is 5. The topological polar surface area (TPSA) is 49.4 Å². The van der Waals surface area contributed by atoms with E-state index in [2.05, 4.69) is 5.32 Å². The molecule has 2 amide bonds. The van der Waals surface area contributed by atoms with Crippen molar-refractivity contribution in [1.29, 1.82) is 0 Å². The second-order valence-electron chi connectivity index (χ2n) is 5.73. The molecule has 4 nitrogen and oxygen atoms in total. The van der Waals surface area contributed by atoms with Crippen LogP contribution >= 0.6 is 11.3 Å². The third-order valence-electron chi connectivity index (χ3n) is 4.43. The predicted octanol–water partition coefficient (Wildman–Crippen LogP) is 2.96. The van der Waals surface area contributed by atoms with Gasteiger partial charge in [0.15, 0.2) is 0 Å². The molecule has 1 N–H and O–H groups in total. The summed E-state index contributed by atoms with van der Waals surface area (Å²) in [5.74, 6) is 0.180. The second kappa shape index (κ2) is 6.60. The van der Waals surface area contributed by atoms with E-state index in [1.54, 1.807) is 16.2 Å². The Morgan fingerprint density at radius 3 is 2.57 bits per heavy atom. The van der Waals surface area contributed by atoms with Gasteiger partial charge in [0.2, 0.25) is 11.8 Å². The fourth-order valence-electron chi connectivity index (χ4n) is 2.88. The zero-order valence-electron chi connectivity index (χ0n) is 13.1. The predicted molar refractivity (Wildman–Crippen MR) is 85.0 cm³/mol. The van der Waals surface area contributed by atoms with E-state index in [0.29, 0.717) is 6.42 Å². The van der Waals surface area contributed by atoms with Crippen LogP contribution < -0.4 is 5.32 Å². The molecule has 0 aliphatic carbocycles. The zero-order chi connectivity index (χ0) is 15.6. The Morgan fingerprint density at radius 1 is 1.33 bits per heavy atom. The molecule has 1 aromatic rings. The van der Waals surface area contributed by atoms with Crippen molar-refractivity contribution in [3.8, 4) is 0 Å². The van der Waals surface area contributed by atoms with Gasteiger partial charge in [0.1, 0.15) is 12.1 Å². The van der Waals surface area contributed by atoms with Gasteiger partial charge in [0.05, 0.1) is 6.04 Å². The fourth-order valence-corrected chi connectivity index (χ4v) is 3.66. The van der Waals surface area contributed by atoms with E-state index in [4.69, 9.17) is 0 Å². The molecule has 2 heterocycles. The van der Waals surface area contributed by atoms with E-state index in [0.717, 1.165) is 11.3 Å². The van der Waals surface area contributed by atoms with Crippen molar-refractivity contribution in [1.82, 2.24) is 10.2 Å². The molecule has 4 unspecified atom stereocenters. The average Bonchev–Trinajstić information content (AvgIpc) is 3.01. The number of hydrogen-bond acceptors (Lipinski definition) is 3. The van der Waals surface area contributed by atoms with Gasteiger partial charge in [-0.3, -0.25) is 9.59 Å². The SMILES string of the molecule is CCC(C)C1NC(=O)C(CC)N(C(C)c2cccs2)C1=O.